The van der Waals surface area contributed by atoms with Crippen LogP contribution in [-0.4, -0.2) is 42.0 Å². The zero-order valence-electron chi connectivity index (χ0n) is 22.9. The van der Waals surface area contributed by atoms with Crippen molar-refractivity contribution in [2.45, 2.75) is 39.2 Å². The number of hydrogen-bond donors (Lipinski definition) is 1. The summed E-state index contributed by atoms with van der Waals surface area (Å²) in [5.74, 6) is -2.39. The van der Waals surface area contributed by atoms with E-state index in [-0.39, 0.29) is 26.8 Å². The third kappa shape index (κ3) is 4.44. The number of furan rings is 1. The van der Waals surface area contributed by atoms with Gasteiger partial charge in [0.2, 0.25) is 5.78 Å². The summed E-state index contributed by atoms with van der Waals surface area (Å²) in [5.41, 5.74) is 2.09. The van der Waals surface area contributed by atoms with E-state index in [2.05, 4.69) is 25.8 Å². The molecule has 2 aromatic carbocycles. The summed E-state index contributed by atoms with van der Waals surface area (Å²) in [6.45, 7) is 7.87. The number of carbonyl (C=O) groups excluding carboxylic acids is 3. The van der Waals surface area contributed by atoms with Crippen molar-refractivity contribution in [2.24, 2.45) is 0 Å². The van der Waals surface area contributed by atoms with Crippen LogP contribution in [0.4, 0.5) is 5.13 Å². The average molecular weight is 561 g/mol. The second-order valence-corrected chi connectivity index (χ2v) is 11.4. The molecule has 0 fully saturated rings. The van der Waals surface area contributed by atoms with Gasteiger partial charge in [-0.1, -0.05) is 68.5 Å². The Morgan fingerprint density at radius 1 is 1.10 bits per heavy atom. The van der Waals surface area contributed by atoms with Gasteiger partial charge in [-0.2, -0.15) is 0 Å². The first-order chi connectivity index (χ1) is 19.0. The zero-order valence-corrected chi connectivity index (χ0v) is 23.7. The Bertz CT molecular complexity index is 1690. The van der Waals surface area contributed by atoms with Crippen molar-refractivity contribution in [2.75, 3.05) is 19.1 Å². The summed E-state index contributed by atoms with van der Waals surface area (Å²) >= 11 is 0.950. The van der Waals surface area contributed by atoms with E-state index in [0.717, 1.165) is 16.9 Å². The number of ether oxygens (including phenoxy) is 2. The molecule has 1 amide bonds. The van der Waals surface area contributed by atoms with Gasteiger partial charge in [0, 0.05) is 5.39 Å². The third-order valence-electron chi connectivity index (χ3n) is 6.86. The third-order valence-corrected chi connectivity index (χ3v) is 8.00. The predicted molar refractivity (Wildman–Crippen MR) is 150 cm³/mol. The summed E-state index contributed by atoms with van der Waals surface area (Å²) in [5, 5.41) is 11.9. The van der Waals surface area contributed by atoms with Crippen molar-refractivity contribution in [3.8, 4) is 5.75 Å². The van der Waals surface area contributed by atoms with Gasteiger partial charge in [0.05, 0.1) is 31.5 Å². The molecule has 0 bridgehead atoms. The van der Waals surface area contributed by atoms with E-state index < -0.39 is 29.5 Å². The van der Waals surface area contributed by atoms with Gasteiger partial charge in [-0.05, 0) is 35.6 Å². The molecule has 0 spiro atoms. The number of fused-ring (bicyclic) bond motifs is 1. The molecule has 5 rings (SSSR count). The number of aliphatic hydroxyl groups is 1. The number of para-hydroxylation sites is 1. The van der Waals surface area contributed by atoms with Crippen LogP contribution in [0.25, 0.3) is 11.0 Å². The number of Topliss-reactive ketones (excluding diaryl/α,β-unsaturated/α-hetero) is 1. The topological polar surface area (TPSA) is 119 Å². The molecule has 3 heterocycles. The molecule has 0 saturated carbocycles. The lowest BCUT2D eigenvalue weighted by molar-refractivity contribution is -0.117. The fourth-order valence-corrected chi connectivity index (χ4v) is 5.74. The number of thiazole rings is 1. The zero-order chi connectivity index (χ0) is 28.9. The molecule has 1 aliphatic rings. The van der Waals surface area contributed by atoms with Gasteiger partial charge in [0.15, 0.2) is 28.0 Å². The Hall–Kier alpha value is -4.44. The summed E-state index contributed by atoms with van der Waals surface area (Å²) in [7, 11) is 2.75. The van der Waals surface area contributed by atoms with E-state index in [1.165, 1.54) is 19.1 Å². The maximum Gasteiger partial charge on any atom is 0.350 e. The van der Waals surface area contributed by atoms with E-state index >= 15 is 0 Å². The van der Waals surface area contributed by atoms with Crippen LogP contribution in [0.3, 0.4) is 0 Å². The standard InChI is InChI=1S/C30H28N2O7S/c1-15-26(28(36)38-6)40-29(31-15)32-22(16-10-12-18(13-11-16)30(2,3)4)21(24(34)27(32)35)23(33)20-14-17-8-7-9-19(37-5)25(17)39-20/h7-14,22,34H,1-6H3. The van der Waals surface area contributed by atoms with Crippen molar-refractivity contribution in [3.05, 3.63) is 87.3 Å². The Kier molecular flexibility index (Phi) is 6.75. The van der Waals surface area contributed by atoms with Gasteiger partial charge < -0.3 is 19.0 Å². The average Bonchev–Trinajstić information content (AvgIpc) is 3.61. The number of hydrogen-bond acceptors (Lipinski definition) is 9. The molecule has 10 heteroatoms. The number of methoxy groups -OCH3 is 2. The minimum Gasteiger partial charge on any atom is -0.503 e. The lowest BCUT2D eigenvalue weighted by Crippen LogP contribution is -2.31. The van der Waals surface area contributed by atoms with Gasteiger partial charge in [0.1, 0.15) is 4.88 Å². The number of anilines is 1. The maximum atomic E-state index is 14.0. The number of rotatable bonds is 6. The largest absolute Gasteiger partial charge is 0.503 e. The number of nitrogens with zero attached hydrogens (tertiary/aromatic N) is 2. The van der Waals surface area contributed by atoms with Crippen LogP contribution < -0.4 is 9.64 Å². The second-order valence-electron chi connectivity index (χ2n) is 10.4. The Balaban J connectivity index is 1.66. The molecule has 9 nitrogen and oxygen atoms in total. The van der Waals surface area contributed by atoms with Crippen LogP contribution in [0.1, 0.15) is 63.9 Å². The smallest absolute Gasteiger partial charge is 0.350 e. The normalized spacial score (nSPS) is 15.7. The number of esters is 1. The predicted octanol–water partition coefficient (Wildman–Crippen LogP) is 6.07. The number of aromatic nitrogens is 1. The van der Waals surface area contributed by atoms with E-state index in [0.29, 0.717) is 28.0 Å². The highest BCUT2D eigenvalue weighted by atomic mass is 32.1. The minimum absolute atomic E-state index is 0.0578. The van der Waals surface area contributed by atoms with Gasteiger partial charge in [-0.15, -0.1) is 0 Å². The molecule has 206 valence electrons. The molecule has 1 atom stereocenters. The molecule has 0 saturated heterocycles. The summed E-state index contributed by atoms with van der Waals surface area (Å²) < 4.78 is 16.1. The lowest BCUT2D eigenvalue weighted by Gasteiger charge is -2.25. The number of carbonyl (C=O) groups is 3. The maximum absolute atomic E-state index is 14.0. The Morgan fingerprint density at radius 2 is 1.80 bits per heavy atom. The molecule has 0 radical (unpaired) electrons. The molecule has 40 heavy (non-hydrogen) atoms. The second kappa shape index (κ2) is 9.95. The Morgan fingerprint density at radius 3 is 2.42 bits per heavy atom. The fraction of sp³-hybridized carbons (Fsp3) is 0.267. The van der Waals surface area contributed by atoms with E-state index in [1.807, 2.05) is 24.3 Å². The van der Waals surface area contributed by atoms with Gasteiger partial charge in [-0.3, -0.25) is 14.5 Å². The molecular weight excluding hydrogens is 532 g/mol. The molecule has 4 aromatic rings. The quantitative estimate of drug-likeness (QED) is 0.223. The van der Waals surface area contributed by atoms with Crippen LogP contribution in [-0.2, 0) is 14.9 Å². The van der Waals surface area contributed by atoms with Gasteiger partial charge >= 0.3 is 5.97 Å². The van der Waals surface area contributed by atoms with Crippen molar-refractivity contribution in [1.82, 2.24) is 4.98 Å². The number of aryl methyl sites for hydroxylation is 1. The van der Waals surface area contributed by atoms with E-state index in [9.17, 15) is 19.5 Å². The highest BCUT2D eigenvalue weighted by molar-refractivity contribution is 7.17. The first-order valence-corrected chi connectivity index (χ1v) is 13.3. The summed E-state index contributed by atoms with van der Waals surface area (Å²) in [4.78, 5) is 45.7. The van der Waals surface area contributed by atoms with E-state index in [1.54, 1.807) is 31.2 Å². The van der Waals surface area contributed by atoms with Crippen molar-refractivity contribution >= 4 is 45.1 Å². The van der Waals surface area contributed by atoms with Crippen molar-refractivity contribution in [1.29, 1.82) is 0 Å². The number of amides is 1. The van der Waals surface area contributed by atoms with Crippen LogP contribution in [0.2, 0.25) is 0 Å². The molecule has 1 N–H and O–H groups in total. The van der Waals surface area contributed by atoms with Gasteiger partial charge in [-0.25, -0.2) is 9.78 Å². The van der Waals surface area contributed by atoms with Crippen LogP contribution in [0.5, 0.6) is 5.75 Å². The number of aliphatic hydroxyl groups excluding tert-OH is 1. The molecular formula is C30H28N2O7S. The highest BCUT2D eigenvalue weighted by Crippen LogP contribution is 2.44. The molecule has 0 aliphatic carbocycles. The summed E-state index contributed by atoms with van der Waals surface area (Å²) in [6, 6.07) is 13.3. The van der Waals surface area contributed by atoms with Gasteiger partial charge in [0.25, 0.3) is 5.91 Å². The minimum atomic E-state index is -1.03. The molecule has 1 unspecified atom stereocenters. The molecule has 2 aromatic heterocycles. The van der Waals surface area contributed by atoms with Crippen molar-refractivity contribution in [3.63, 3.8) is 0 Å². The van der Waals surface area contributed by atoms with Crippen LogP contribution >= 0.6 is 11.3 Å². The molecule has 1 aliphatic heterocycles. The lowest BCUT2D eigenvalue weighted by atomic mass is 9.85. The number of ketones is 1. The monoisotopic (exact) mass is 560 g/mol. The Labute approximate surface area is 234 Å². The van der Waals surface area contributed by atoms with Crippen molar-refractivity contribution < 1.29 is 33.4 Å². The summed E-state index contributed by atoms with van der Waals surface area (Å²) in [6.07, 6.45) is 0. The van der Waals surface area contributed by atoms with E-state index in [4.69, 9.17) is 13.9 Å². The SMILES string of the molecule is COC(=O)c1sc(N2C(=O)C(O)=C(C(=O)c3cc4cccc(OC)c4o3)C2c2ccc(C(C)(C)C)cc2)nc1C. The van der Waals surface area contributed by atoms with Crippen LogP contribution in [0.15, 0.2) is 64.3 Å². The number of benzene rings is 2. The fourth-order valence-electron chi connectivity index (χ4n) is 4.72. The first kappa shape index (κ1) is 27.1. The van der Waals surface area contributed by atoms with Crippen LogP contribution in [0, 0.1) is 6.92 Å². The highest BCUT2D eigenvalue weighted by Gasteiger charge is 2.47. The first-order valence-electron chi connectivity index (χ1n) is 12.5.